The predicted octanol–water partition coefficient (Wildman–Crippen LogP) is 3.19. The number of methoxy groups -OCH3 is 1. The fourth-order valence-corrected chi connectivity index (χ4v) is 4.73. The van der Waals surface area contributed by atoms with Crippen LogP contribution in [-0.4, -0.2) is 46.7 Å². The first-order chi connectivity index (χ1) is 13.7. The number of thioether (sulfide) groups is 1. The quantitative estimate of drug-likeness (QED) is 0.488. The number of amides is 1. The molecule has 7 heteroatoms. The molecular weight excluding hydrogens is 372 g/mol. The van der Waals surface area contributed by atoms with Gasteiger partial charge in [0, 0.05) is 32.9 Å². The van der Waals surface area contributed by atoms with Gasteiger partial charge in [-0.25, -0.2) is 0 Å². The van der Waals surface area contributed by atoms with E-state index < -0.39 is 0 Å². The number of nitrogens with one attached hydrogen (secondary N) is 1. The maximum absolute atomic E-state index is 13.0. The summed E-state index contributed by atoms with van der Waals surface area (Å²) in [5.41, 5.74) is 1.13. The van der Waals surface area contributed by atoms with Crippen molar-refractivity contribution in [2.24, 2.45) is 13.0 Å². The highest BCUT2D eigenvalue weighted by Crippen LogP contribution is 2.37. The third-order valence-electron chi connectivity index (χ3n) is 5.40. The van der Waals surface area contributed by atoms with Gasteiger partial charge < -0.3 is 14.6 Å². The maximum atomic E-state index is 13.0. The average molecular weight is 403 g/mol. The average Bonchev–Trinajstić information content (AvgIpc) is 3.35. The van der Waals surface area contributed by atoms with E-state index in [1.807, 2.05) is 29.8 Å². The van der Waals surface area contributed by atoms with Gasteiger partial charge in [0.2, 0.25) is 5.91 Å². The van der Waals surface area contributed by atoms with Crippen LogP contribution in [0.2, 0.25) is 0 Å². The largest absolute Gasteiger partial charge is 0.384 e. The lowest BCUT2D eigenvalue weighted by Crippen LogP contribution is -2.34. The van der Waals surface area contributed by atoms with Crippen molar-refractivity contribution in [3.8, 4) is 0 Å². The summed E-state index contributed by atoms with van der Waals surface area (Å²) in [6.07, 6.45) is 5.40. The minimum Gasteiger partial charge on any atom is -0.384 e. The zero-order valence-corrected chi connectivity index (χ0v) is 17.6. The number of carbonyl (C=O) groups is 1. The van der Waals surface area contributed by atoms with E-state index in [0.29, 0.717) is 25.5 Å². The zero-order chi connectivity index (χ0) is 19.8. The molecule has 6 nitrogen and oxygen atoms in total. The van der Waals surface area contributed by atoms with Crippen molar-refractivity contribution in [3.05, 3.63) is 41.7 Å². The van der Waals surface area contributed by atoms with Crippen LogP contribution in [0.25, 0.3) is 0 Å². The smallest absolute Gasteiger partial charge is 0.227 e. The van der Waals surface area contributed by atoms with Gasteiger partial charge in [0.15, 0.2) is 5.16 Å². The van der Waals surface area contributed by atoms with Crippen molar-refractivity contribution >= 4 is 17.7 Å². The second-order valence-corrected chi connectivity index (χ2v) is 8.34. The first-order valence-corrected chi connectivity index (χ1v) is 11.0. The van der Waals surface area contributed by atoms with Gasteiger partial charge in [-0.3, -0.25) is 4.79 Å². The second kappa shape index (κ2) is 10.6. The van der Waals surface area contributed by atoms with Crippen LogP contribution in [0.1, 0.15) is 43.0 Å². The summed E-state index contributed by atoms with van der Waals surface area (Å²) in [5, 5.41) is 12.5. The van der Waals surface area contributed by atoms with Gasteiger partial charge in [0.1, 0.15) is 5.82 Å². The summed E-state index contributed by atoms with van der Waals surface area (Å²) in [5.74, 6) is 2.26. The molecule has 0 bridgehead atoms. The third kappa shape index (κ3) is 5.35. The number of benzene rings is 1. The van der Waals surface area contributed by atoms with E-state index in [9.17, 15) is 4.79 Å². The van der Waals surface area contributed by atoms with E-state index in [2.05, 4.69) is 27.6 Å². The van der Waals surface area contributed by atoms with E-state index in [-0.39, 0.29) is 11.8 Å². The highest BCUT2D eigenvalue weighted by molar-refractivity contribution is 7.99. The molecule has 1 heterocycles. The van der Waals surface area contributed by atoms with Crippen molar-refractivity contribution in [2.75, 3.05) is 26.0 Å². The van der Waals surface area contributed by atoms with Gasteiger partial charge in [-0.05, 0) is 24.3 Å². The van der Waals surface area contributed by atoms with Crippen LogP contribution in [0.3, 0.4) is 0 Å². The van der Waals surface area contributed by atoms with Crippen LogP contribution >= 0.6 is 11.8 Å². The first-order valence-electron chi connectivity index (χ1n) is 10.0. The van der Waals surface area contributed by atoms with Crippen molar-refractivity contribution in [2.45, 2.75) is 43.2 Å². The molecule has 0 unspecified atom stereocenters. The Labute approximate surface area is 171 Å². The molecule has 0 spiro atoms. The van der Waals surface area contributed by atoms with Gasteiger partial charge in [0.05, 0.1) is 12.5 Å². The van der Waals surface area contributed by atoms with Gasteiger partial charge in [-0.15, -0.1) is 10.2 Å². The Morgan fingerprint density at radius 3 is 2.75 bits per heavy atom. The number of hydrogen-bond donors (Lipinski definition) is 1. The number of carbonyl (C=O) groups excluding carboxylic acids is 1. The number of nitrogens with zero attached hydrogens (tertiary/aromatic N) is 3. The fraction of sp³-hybridized carbons (Fsp3) is 0.571. The summed E-state index contributed by atoms with van der Waals surface area (Å²) in [6.45, 7) is 1.26. The Bertz CT molecular complexity index is 744. The summed E-state index contributed by atoms with van der Waals surface area (Å²) in [4.78, 5) is 13.0. The zero-order valence-electron chi connectivity index (χ0n) is 16.8. The molecular formula is C21H30N4O2S. The lowest BCUT2D eigenvalue weighted by molar-refractivity contribution is -0.123. The van der Waals surface area contributed by atoms with Gasteiger partial charge in [-0.1, -0.05) is 54.9 Å². The maximum Gasteiger partial charge on any atom is 0.227 e. The van der Waals surface area contributed by atoms with E-state index in [1.54, 1.807) is 18.9 Å². The van der Waals surface area contributed by atoms with Crippen LogP contribution in [0.5, 0.6) is 0 Å². The molecule has 0 aliphatic heterocycles. The Kier molecular flexibility index (Phi) is 7.91. The SMILES string of the molecule is COCCSc1nnc(CCNC(=O)[C@@H](c2ccccc2)C2CCCC2)n1C. The number of hydrogen-bond acceptors (Lipinski definition) is 5. The number of ether oxygens (including phenoxy) is 1. The number of aromatic nitrogens is 3. The monoisotopic (exact) mass is 402 g/mol. The molecule has 0 saturated heterocycles. The molecule has 3 rings (SSSR count). The van der Waals surface area contributed by atoms with Crippen LogP contribution in [0.4, 0.5) is 0 Å². The Hall–Kier alpha value is -1.86. The summed E-state index contributed by atoms with van der Waals surface area (Å²) < 4.78 is 7.07. The van der Waals surface area contributed by atoms with E-state index in [4.69, 9.17) is 4.74 Å². The molecule has 1 aliphatic rings. The third-order valence-corrected chi connectivity index (χ3v) is 6.39. The molecule has 0 radical (unpaired) electrons. The van der Waals surface area contributed by atoms with Crippen LogP contribution in [0, 0.1) is 5.92 Å². The lowest BCUT2D eigenvalue weighted by Gasteiger charge is -2.23. The Balaban J connectivity index is 1.56. The van der Waals surface area contributed by atoms with E-state index >= 15 is 0 Å². The topological polar surface area (TPSA) is 69.0 Å². The molecule has 1 amide bonds. The lowest BCUT2D eigenvalue weighted by atomic mass is 9.84. The Morgan fingerprint density at radius 1 is 1.29 bits per heavy atom. The molecule has 2 aromatic rings. The summed E-state index contributed by atoms with van der Waals surface area (Å²) in [7, 11) is 3.66. The highest BCUT2D eigenvalue weighted by Gasteiger charge is 2.31. The molecule has 1 aromatic heterocycles. The molecule has 152 valence electrons. The minimum atomic E-state index is -0.0524. The van der Waals surface area contributed by atoms with E-state index in [1.165, 1.54) is 12.8 Å². The number of rotatable bonds is 10. The standard InChI is InChI=1S/C21H30N4O2S/c1-25-18(23-24-21(25)28-15-14-27-2)12-13-22-20(26)19(17-10-6-7-11-17)16-8-4-3-5-9-16/h3-5,8-9,17,19H,6-7,10-15H2,1-2H3,(H,22,26)/t19-/m0/s1. The highest BCUT2D eigenvalue weighted by atomic mass is 32.2. The normalized spacial score (nSPS) is 15.6. The predicted molar refractivity (Wildman–Crippen MR) is 111 cm³/mol. The molecule has 1 atom stereocenters. The molecule has 1 fully saturated rings. The molecule has 1 N–H and O–H groups in total. The second-order valence-electron chi connectivity index (χ2n) is 7.27. The van der Waals surface area contributed by atoms with Gasteiger partial charge in [-0.2, -0.15) is 0 Å². The van der Waals surface area contributed by atoms with Crippen molar-refractivity contribution in [1.29, 1.82) is 0 Å². The van der Waals surface area contributed by atoms with Crippen molar-refractivity contribution in [3.63, 3.8) is 0 Å². The minimum absolute atomic E-state index is 0.0524. The van der Waals surface area contributed by atoms with Crippen LogP contribution < -0.4 is 5.32 Å². The van der Waals surface area contributed by atoms with Gasteiger partial charge >= 0.3 is 0 Å². The van der Waals surface area contributed by atoms with E-state index in [0.717, 1.165) is 35.1 Å². The summed E-state index contributed by atoms with van der Waals surface area (Å²) >= 11 is 1.63. The van der Waals surface area contributed by atoms with Crippen LogP contribution in [-0.2, 0) is 23.0 Å². The van der Waals surface area contributed by atoms with Gasteiger partial charge in [0.25, 0.3) is 0 Å². The molecule has 28 heavy (non-hydrogen) atoms. The summed E-state index contributed by atoms with van der Waals surface area (Å²) in [6, 6.07) is 10.2. The molecule has 1 saturated carbocycles. The Morgan fingerprint density at radius 2 is 2.04 bits per heavy atom. The van der Waals surface area contributed by atoms with Crippen molar-refractivity contribution in [1.82, 2.24) is 20.1 Å². The fourth-order valence-electron chi connectivity index (χ4n) is 3.90. The first kappa shape index (κ1) is 20.9. The van der Waals surface area contributed by atoms with Crippen molar-refractivity contribution < 1.29 is 9.53 Å². The van der Waals surface area contributed by atoms with Crippen LogP contribution in [0.15, 0.2) is 35.5 Å². The molecule has 1 aliphatic carbocycles. The molecule has 1 aromatic carbocycles.